The highest BCUT2D eigenvalue weighted by molar-refractivity contribution is 6.54. The second-order valence-corrected chi connectivity index (χ2v) is 6.45. The van der Waals surface area contributed by atoms with Gasteiger partial charge in [-0.2, -0.15) is 0 Å². The van der Waals surface area contributed by atoms with Crippen molar-refractivity contribution in [2.75, 3.05) is 20.2 Å². The number of alkyl halides is 2. The lowest BCUT2D eigenvalue weighted by molar-refractivity contribution is -0.149. The van der Waals surface area contributed by atoms with Crippen molar-refractivity contribution in [1.82, 2.24) is 10.2 Å². The third-order valence-electron chi connectivity index (χ3n) is 4.45. The number of aliphatic hydroxyl groups excluding tert-OH is 1. The second-order valence-electron chi connectivity index (χ2n) is 6.45. The largest absolute Gasteiger partial charge is 0.394 e. The molecule has 1 aromatic carbocycles. The van der Waals surface area contributed by atoms with E-state index in [1.165, 1.54) is 30.5 Å². The van der Waals surface area contributed by atoms with Crippen molar-refractivity contribution in [1.29, 1.82) is 5.41 Å². The smallest absolute Gasteiger partial charge is 0.272 e. The van der Waals surface area contributed by atoms with Crippen LogP contribution in [0, 0.1) is 17.1 Å². The van der Waals surface area contributed by atoms with Gasteiger partial charge < -0.3 is 15.3 Å². The molecule has 142 valence electrons. The van der Waals surface area contributed by atoms with Crippen LogP contribution in [0.5, 0.6) is 0 Å². The lowest BCUT2D eigenvalue weighted by atomic mass is 9.88. The molecule has 1 unspecified atom stereocenters. The average Bonchev–Trinajstić information content (AvgIpc) is 2.58. The highest BCUT2D eigenvalue weighted by Gasteiger charge is 2.46. The Morgan fingerprint density at radius 2 is 2.04 bits per heavy atom. The summed E-state index contributed by atoms with van der Waals surface area (Å²) >= 11 is 0. The topological polar surface area (TPSA) is 76.4 Å². The quantitative estimate of drug-likeness (QED) is 0.697. The van der Waals surface area contributed by atoms with Crippen molar-refractivity contribution in [2.24, 2.45) is 5.92 Å². The Hall–Kier alpha value is -2.35. The Morgan fingerprint density at radius 1 is 1.42 bits per heavy atom. The fourth-order valence-electron chi connectivity index (χ4n) is 3.18. The van der Waals surface area contributed by atoms with E-state index in [9.17, 15) is 23.1 Å². The lowest BCUT2D eigenvalue weighted by Crippen LogP contribution is -2.58. The lowest BCUT2D eigenvalue weighted by Gasteiger charge is -2.42. The monoisotopic (exact) mass is 369 g/mol. The molecule has 3 N–H and O–H groups in total. The van der Waals surface area contributed by atoms with E-state index in [4.69, 9.17) is 5.41 Å². The number of benzene rings is 1. The summed E-state index contributed by atoms with van der Waals surface area (Å²) in [5, 5.41) is 20.5. The number of hydrogen-bond donors (Lipinski definition) is 3. The van der Waals surface area contributed by atoms with E-state index in [1.54, 1.807) is 14.0 Å². The number of nitrogens with one attached hydrogen (secondary N) is 2. The van der Waals surface area contributed by atoms with Gasteiger partial charge in [-0.25, -0.2) is 13.2 Å². The van der Waals surface area contributed by atoms with Crippen LogP contribution in [0.4, 0.5) is 13.2 Å². The van der Waals surface area contributed by atoms with Gasteiger partial charge in [0.1, 0.15) is 11.5 Å². The van der Waals surface area contributed by atoms with Crippen LogP contribution in [-0.2, 0) is 4.79 Å². The minimum absolute atomic E-state index is 0.149. The van der Waals surface area contributed by atoms with E-state index in [2.05, 4.69) is 5.32 Å². The zero-order valence-electron chi connectivity index (χ0n) is 14.6. The summed E-state index contributed by atoms with van der Waals surface area (Å²) in [5.74, 6) is -5.06. The number of carbonyl (C=O) groups excluding carboxylic acids is 1. The molecule has 1 aromatic rings. The fraction of sp³-hybridized carbons (Fsp3) is 0.444. The molecule has 5 nitrogen and oxygen atoms in total. The highest BCUT2D eigenvalue weighted by Crippen LogP contribution is 2.34. The summed E-state index contributed by atoms with van der Waals surface area (Å²) in [6.45, 7) is 0.236. The van der Waals surface area contributed by atoms with Crippen LogP contribution < -0.4 is 5.32 Å². The van der Waals surface area contributed by atoms with Gasteiger partial charge in [-0.05, 0) is 23.6 Å². The summed E-state index contributed by atoms with van der Waals surface area (Å²) in [5.41, 5.74) is 0.0431. The first-order valence-electron chi connectivity index (χ1n) is 8.22. The zero-order chi connectivity index (χ0) is 19.5. The summed E-state index contributed by atoms with van der Waals surface area (Å²) in [7, 11) is 1.56. The highest BCUT2D eigenvalue weighted by atomic mass is 19.3. The van der Waals surface area contributed by atoms with Crippen LogP contribution in [0.1, 0.15) is 18.9 Å². The fourth-order valence-corrected chi connectivity index (χ4v) is 3.18. The molecule has 1 aliphatic rings. The van der Waals surface area contributed by atoms with E-state index >= 15 is 0 Å². The van der Waals surface area contributed by atoms with Crippen LogP contribution in [-0.4, -0.2) is 53.8 Å². The minimum atomic E-state index is -3.08. The number of amides is 1. The van der Waals surface area contributed by atoms with Crippen molar-refractivity contribution in [3.05, 3.63) is 41.8 Å². The van der Waals surface area contributed by atoms with Crippen LogP contribution in [0.15, 0.2) is 30.5 Å². The maximum Gasteiger partial charge on any atom is 0.272 e. The minimum Gasteiger partial charge on any atom is -0.394 e. The van der Waals surface area contributed by atoms with Gasteiger partial charge in [-0.3, -0.25) is 10.2 Å². The summed E-state index contributed by atoms with van der Waals surface area (Å²) in [4.78, 5) is 13.6. The predicted molar refractivity (Wildman–Crippen MR) is 92.5 cm³/mol. The van der Waals surface area contributed by atoms with E-state index < -0.39 is 54.9 Å². The summed E-state index contributed by atoms with van der Waals surface area (Å²) in [6, 6.07) is 4.38. The molecule has 0 radical (unpaired) electrons. The Morgan fingerprint density at radius 3 is 2.58 bits per heavy atom. The Kier molecular flexibility index (Phi) is 6.07. The van der Waals surface area contributed by atoms with Gasteiger partial charge in [0.2, 0.25) is 0 Å². The number of rotatable bonds is 5. The maximum atomic E-state index is 13.9. The standard InChI is InChI=1S/C18H22F3N3O2/c1-11-7-18(20,21)10-24(15(11)9-25)17(26)16(22)14(8-23-2)12-3-5-13(19)6-4-12/h3-6,8,11,15,22-23,25H,7,9-10H2,1-2H3/b14-8-,22-16?/t11-,15?/m1/s1. The number of nitrogens with zero attached hydrogens (tertiary/aromatic N) is 1. The Bertz CT molecular complexity index is 704. The van der Waals surface area contributed by atoms with Crippen molar-refractivity contribution < 1.29 is 23.1 Å². The number of likely N-dealkylation sites (tertiary alicyclic amines) is 1. The van der Waals surface area contributed by atoms with Gasteiger partial charge in [-0.15, -0.1) is 0 Å². The number of piperidine rings is 1. The van der Waals surface area contributed by atoms with Crippen molar-refractivity contribution >= 4 is 17.2 Å². The normalized spacial score (nSPS) is 22.8. The average molecular weight is 369 g/mol. The van der Waals surface area contributed by atoms with E-state index in [-0.39, 0.29) is 5.57 Å². The molecule has 0 aliphatic carbocycles. The third kappa shape index (κ3) is 4.24. The predicted octanol–water partition coefficient (Wildman–Crippen LogP) is 2.27. The van der Waals surface area contributed by atoms with Crippen LogP contribution in [0.3, 0.4) is 0 Å². The van der Waals surface area contributed by atoms with Gasteiger partial charge in [0.15, 0.2) is 0 Å². The molecule has 0 spiro atoms. The molecule has 0 aromatic heterocycles. The SMILES string of the molecule is CN/C=C(\C(=N)C(=O)N1CC(F)(F)C[C@@H](C)C1CO)c1ccc(F)cc1. The van der Waals surface area contributed by atoms with Gasteiger partial charge >= 0.3 is 0 Å². The molecule has 2 atom stereocenters. The van der Waals surface area contributed by atoms with Gasteiger partial charge in [0, 0.05) is 25.2 Å². The summed E-state index contributed by atoms with van der Waals surface area (Å²) < 4.78 is 41.0. The van der Waals surface area contributed by atoms with Gasteiger partial charge in [-0.1, -0.05) is 19.1 Å². The van der Waals surface area contributed by atoms with Crippen LogP contribution in [0.25, 0.3) is 5.57 Å². The molecule has 1 heterocycles. The van der Waals surface area contributed by atoms with Crippen LogP contribution in [0.2, 0.25) is 0 Å². The first-order chi connectivity index (χ1) is 12.2. The number of carbonyl (C=O) groups is 1. The third-order valence-corrected chi connectivity index (χ3v) is 4.45. The van der Waals surface area contributed by atoms with E-state index in [0.29, 0.717) is 5.56 Å². The van der Waals surface area contributed by atoms with Gasteiger partial charge in [0.25, 0.3) is 11.8 Å². The molecule has 1 aliphatic heterocycles. The number of aliphatic hydroxyl groups is 1. The van der Waals surface area contributed by atoms with Crippen LogP contribution >= 0.6 is 0 Å². The molecule has 8 heteroatoms. The molecule has 2 rings (SSSR count). The van der Waals surface area contributed by atoms with Crippen molar-refractivity contribution in [3.63, 3.8) is 0 Å². The molecule has 26 heavy (non-hydrogen) atoms. The molecule has 1 amide bonds. The first kappa shape index (κ1) is 20.0. The molecular weight excluding hydrogens is 347 g/mol. The molecule has 0 saturated carbocycles. The van der Waals surface area contributed by atoms with Gasteiger partial charge in [0.05, 0.1) is 19.2 Å². The van der Waals surface area contributed by atoms with E-state index in [0.717, 1.165) is 4.90 Å². The summed E-state index contributed by atoms with van der Waals surface area (Å²) in [6.07, 6.45) is 0.958. The first-order valence-corrected chi connectivity index (χ1v) is 8.22. The number of hydrogen-bond acceptors (Lipinski definition) is 4. The van der Waals surface area contributed by atoms with E-state index in [1.807, 2.05) is 0 Å². The maximum absolute atomic E-state index is 13.9. The second kappa shape index (κ2) is 7.90. The molecular formula is C18H22F3N3O2. The Balaban J connectivity index is 2.34. The number of halogens is 3. The van der Waals surface area contributed by atoms with Crippen molar-refractivity contribution in [3.8, 4) is 0 Å². The van der Waals surface area contributed by atoms with Crippen molar-refractivity contribution in [2.45, 2.75) is 25.3 Å². The Labute approximate surface area is 150 Å². The molecule has 1 saturated heterocycles. The molecule has 0 bridgehead atoms. The molecule has 1 fully saturated rings. The zero-order valence-corrected chi connectivity index (χ0v) is 14.6.